The Morgan fingerprint density at radius 3 is 2.60 bits per heavy atom. The van der Waals surface area contributed by atoms with Crippen molar-refractivity contribution in [3.63, 3.8) is 0 Å². The van der Waals surface area contributed by atoms with Crippen molar-refractivity contribution >= 4 is 11.9 Å². The first-order valence-corrected chi connectivity index (χ1v) is 6.35. The summed E-state index contributed by atoms with van der Waals surface area (Å²) < 4.78 is 10.9. The van der Waals surface area contributed by atoms with Crippen molar-refractivity contribution in [2.45, 2.75) is 0 Å². The Hall–Kier alpha value is -2.62. The van der Waals surface area contributed by atoms with Gasteiger partial charge in [0, 0.05) is 18.0 Å². The number of allylic oxidation sites excluding steroid dienone is 1. The molecule has 2 heterocycles. The van der Waals surface area contributed by atoms with Gasteiger partial charge in [-0.1, -0.05) is 6.08 Å². The van der Waals surface area contributed by atoms with Gasteiger partial charge in [0.05, 0.1) is 0 Å². The van der Waals surface area contributed by atoms with E-state index in [2.05, 4.69) is 4.98 Å². The summed E-state index contributed by atoms with van der Waals surface area (Å²) in [5.74, 6) is 1.24. The van der Waals surface area contributed by atoms with Crippen LogP contribution in [0.5, 0.6) is 11.5 Å². The van der Waals surface area contributed by atoms with Crippen molar-refractivity contribution in [2.24, 2.45) is 0 Å². The zero-order valence-electron chi connectivity index (χ0n) is 10.8. The van der Waals surface area contributed by atoms with Gasteiger partial charge in [-0.2, -0.15) is 0 Å². The van der Waals surface area contributed by atoms with E-state index in [4.69, 9.17) is 9.47 Å². The molecule has 4 heteroatoms. The maximum atomic E-state index is 12.1. The van der Waals surface area contributed by atoms with Crippen LogP contribution in [0.3, 0.4) is 0 Å². The maximum Gasteiger partial charge on any atom is 0.185 e. The van der Waals surface area contributed by atoms with Gasteiger partial charge in [0.2, 0.25) is 0 Å². The van der Waals surface area contributed by atoms with E-state index >= 15 is 0 Å². The van der Waals surface area contributed by atoms with Crippen LogP contribution >= 0.6 is 0 Å². The van der Waals surface area contributed by atoms with Crippen molar-refractivity contribution in [3.05, 3.63) is 59.9 Å². The van der Waals surface area contributed by atoms with Crippen LogP contribution in [-0.4, -0.2) is 24.0 Å². The lowest BCUT2D eigenvalue weighted by atomic mass is 10.1. The van der Waals surface area contributed by atoms with E-state index in [0.717, 1.165) is 5.56 Å². The van der Waals surface area contributed by atoms with E-state index in [0.29, 0.717) is 30.3 Å². The van der Waals surface area contributed by atoms with Crippen molar-refractivity contribution < 1.29 is 14.3 Å². The van der Waals surface area contributed by atoms with Crippen LogP contribution in [0, 0.1) is 0 Å². The predicted octanol–water partition coefficient (Wildman–Crippen LogP) is 2.75. The number of hydrogen-bond acceptors (Lipinski definition) is 4. The normalized spacial score (nSPS) is 13.4. The smallest absolute Gasteiger partial charge is 0.185 e. The molecule has 0 saturated heterocycles. The number of rotatable bonds is 3. The van der Waals surface area contributed by atoms with E-state index in [9.17, 15) is 4.79 Å². The molecule has 0 spiro atoms. The molecule has 0 saturated carbocycles. The lowest BCUT2D eigenvalue weighted by Crippen LogP contribution is -2.15. The summed E-state index contributed by atoms with van der Waals surface area (Å²) in [5.41, 5.74) is 1.52. The molecule has 4 nitrogen and oxygen atoms in total. The summed E-state index contributed by atoms with van der Waals surface area (Å²) in [5, 5.41) is 0. The quantitative estimate of drug-likeness (QED) is 0.633. The number of ether oxygens (including phenoxy) is 2. The van der Waals surface area contributed by atoms with E-state index in [1.807, 2.05) is 12.1 Å². The minimum Gasteiger partial charge on any atom is -0.486 e. The topological polar surface area (TPSA) is 48.4 Å². The molecule has 0 unspecified atom stereocenters. The largest absolute Gasteiger partial charge is 0.486 e. The second kappa shape index (κ2) is 5.57. The minimum atomic E-state index is -0.0706. The Morgan fingerprint density at radius 1 is 1.05 bits per heavy atom. The summed E-state index contributed by atoms with van der Waals surface area (Å²) in [6.07, 6.45) is 6.68. The van der Waals surface area contributed by atoms with Crippen LogP contribution in [0.25, 0.3) is 6.08 Å². The summed E-state index contributed by atoms with van der Waals surface area (Å²) in [7, 11) is 0. The molecular formula is C16H13NO3. The molecule has 3 rings (SSSR count). The van der Waals surface area contributed by atoms with Gasteiger partial charge in [0.25, 0.3) is 0 Å². The minimum absolute atomic E-state index is 0.0706. The highest BCUT2D eigenvalue weighted by Crippen LogP contribution is 2.30. The highest BCUT2D eigenvalue weighted by atomic mass is 16.6. The van der Waals surface area contributed by atoms with Crippen LogP contribution in [0.1, 0.15) is 15.9 Å². The number of nitrogens with zero attached hydrogens (tertiary/aromatic N) is 1. The van der Waals surface area contributed by atoms with Gasteiger partial charge in [0.15, 0.2) is 17.3 Å². The number of pyridine rings is 1. The maximum absolute atomic E-state index is 12.1. The molecule has 0 aliphatic carbocycles. The molecule has 1 aliphatic rings. The molecule has 0 fully saturated rings. The fourth-order valence-electron chi connectivity index (χ4n) is 1.94. The lowest BCUT2D eigenvalue weighted by Gasteiger charge is -2.18. The number of ketones is 1. The van der Waals surface area contributed by atoms with Crippen LogP contribution < -0.4 is 9.47 Å². The number of fused-ring (bicyclic) bond motifs is 1. The first kappa shape index (κ1) is 12.4. The molecule has 0 bridgehead atoms. The molecule has 1 aromatic carbocycles. The molecular weight excluding hydrogens is 254 g/mol. The highest BCUT2D eigenvalue weighted by molar-refractivity contribution is 6.07. The predicted molar refractivity (Wildman–Crippen MR) is 75.0 cm³/mol. The second-order valence-corrected chi connectivity index (χ2v) is 4.34. The van der Waals surface area contributed by atoms with Crippen molar-refractivity contribution in [2.75, 3.05) is 13.2 Å². The Morgan fingerprint density at radius 2 is 1.80 bits per heavy atom. The number of benzene rings is 1. The third kappa shape index (κ3) is 2.69. The molecule has 100 valence electrons. The number of aromatic nitrogens is 1. The second-order valence-electron chi connectivity index (χ2n) is 4.34. The first-order valence-electron chi connectivity index (χ1n) is 6.35. The average molecular weight is 267 g/mol. The van der Waals surface area contributed by atoms with Gasteiger partial charge in [-0.3, -0.25) is 9.78 Å². The zero-order chi connectivity index (χ0) is 13.8. The molecule has 0 N–H and O–H groups in total. The van der Waals surface area contributed by atoms with Gasteiger partial charge in [-0.15, -0.1) is 0 Å². The average Bonchev–Trinajstić information content (AvgIpc) is 2.53. The van der Waals surface area contributed by atoms with Crippen LogP contribution in [0.4, 0.5) is 0 Å². The van der Waals surface area contributed by atoms with Gasteiger partial charge < -0.3 is 9.47 Å². The van der Waals surface area contributed by atoms with Crippen LogP contribution in [0.2, 0.25) is 0 Å². The lowest BCUT2D eigenvalue weighted by molar-refractivity contribution is 0.104. The Kier molecular flexibility index (Phi) is 3.46. The van der Waals surface area contributed by atoms with Gasteiger partial charge in [-0.25, -0.2) is 0 Å². The third-order valence-electron chi connectivity index (χ3n) is 2.96. The zero-order valence-corrected chi connectivity index (χ0v) is 10.8. The third-order valence-corrected chi connectivity index (χ3v) is 2.96. The van der Waals surface area contributed by atoms with Gasteiger partial charge in [-0.05, 0) is 42.0 Å². The highest BCUT2D eigenvalue weighted by Gasteiger charge is 2.13. The van der Waals surface area contributed by atoms with E-state index in [-0.39, 0.29) is 5.78 Å². The molecule has 0 radical (unpaired) electrons. The van der Waals surface area contributed by atoms with Crippen LogP contribution in [-0.2, 0) is 0 Å². The van der Waals surface area contributed by atoms with Crippen molar-refractivity contribution in [1.82, 2.24) is 4.98 Å². The summed E-state index contributed by atoms with van der Waals surface area (Å²) >= 11 is 0. The molecule has 0 amide bonds. The molecule has 0 atom stereocenters. The number of hydrogen-bond donors (Lipinski definition) is 0. The van der Waals surface area contributed by atoms with E-state index < -0.39 is 0 Å². The Bertz CT molecular complexity index is 650. The molecule has 20 heavy (non-hydrogen) atoms. The van der Waals surface area contributed by atoms with Gasteiger partial charge >= 0.3 is 0 Å². The van der Waals surface area contributed by atoms with Gasteiger partial charge in [0.1, 0.15) is 13.2 Å². The SMILES string of the molecule is O=C(C=Cc1ccncc1)c1ccc2c(c1)OCCO2. The summed E-state index contributed by atoms with van der Waals surface area (Å²) in [4.78, 5) is 16.0. The van der Waals surface area contributed by atoms with Crippen LogP contribution in [0.15, 0.2) is 48.8 Å². The fraction of sp³-hybridized carbons (Fsp3) is 0.125. The van der Waals surface area contributed by atoms with E-state index in [1.165, 1.54) is 0 Å². The fourth-order valence-corrected chi connectivity index (χ4v) is 1.94. The number of carbonyl (C=O) groups is 1. The standard InChI is InChI=1S/C16H13NO3/c18-14(3-1-12-5-7-17-8-6-12)13-2-4-15-16(11-13)20-10-9-19-15/h1-8,11H,9-10H2. The van der Waals surface area contributed by atoms with Crippen molar-refractivity contribution in [3.8, 4) is 11.5 Å². The molecule has 1 aliphatic heterocycles. The molecule has 2 aromatic rings. The Labute approximate surface area is 116 Å². The number of carbonyl (C=O) groups excluding carboxylic acids is 1. The van der Waals surface area contributed by atoms with Crippen molar-refractivity contribution in [1.29, 1.82) is 0 Å². The van der Waals surface area contributed by atoms with E-state index in [1.54, 1.807) is 42.7 Å². The molecule has 1 aromatic heterocycles. The summed E-state index contributed by atoms with van der Waals surface area (Å²) in [6.45, 7) is 1.06. The first-order chi connectivity index (χ1) is 9.83. The Balaban J connectivity index is 1.79. The summed E-state index contributed by atoms with van der Waals surface area (Å²) in [6, 6.07) is 8.91. The monoisotopic (exact) mass is 267 g/mol.